The molecule has 2 fully saturated rings. The van der Waals surface area contributed by atoms with Gasteiger partial charge in [-0.15, -0.1) is 0 Å². The molecule has 7 nitrogen and oxygen atoms in total. The third-order valence-corrected chi connectivity index (χ3v) is 5.58. The van der Waals surface area contributed by atoms with Crippen molar-refractivity contribution in [2.45, 2.75) is 12.5 Å². The van der Waals surface area contributed by atoms with E-state index in [9.17, 15) is 9.59 Å². The zero-order chi connectivity index (χ0) is 19.8. The number of methoxy groups -OCH3 is 1. The van der Waals surface area contributed by atoms with E-state index in [4.69, 9.17) is 15.2 Å². The van der Waals surface area contributed by atoms with E-state index in [0.717, 1.165) is 11.3 Å². The first-order valence-corrected chi connectivity index (χ1v) is 9.26. The lowest BCUT2D eigenvalue weighted by Crippen LogP contribution is -2.33. The average Bonchev–Trinajstić information content (AvgIpc) is 3.17. The Morgan fingerprint density at radius 2 is 2.00 bits per heavy atom. The second-order valence-electron chi connectivity index (χ2n) is 7.40. The van der Waals surface area contributed by atoms with Crippen molar-refractivity contribution in [1.29, 1.82) is 0 Å². The van der Waals surface area contributed by atoms with Crippen molar-refractivity contribution in [2.24, 2.45) is 17.6 Å². The molecule has 2 unspecified atom stereocenters. The summed E-state index contributed by atoms with van der Waals surface area (Å²) in [7, 11) is 3.39. The Bertz CT molecular complexity index is 920. The molecule has 146 valence electrons. The first-order valence-electron chi connectivity index (χ1n) is 9.26. The largest absolute Gasteiger partial charge is 0.497 e. The Hall–Kier alpha value is -2.93. The molecule has 0 bridgehead atoms. The quantitative estimate of drug-likeness (QED) is 0.818. The zero-order valence-corrected chi connectivity index (χ0v) is 15.9. The molecule has 28 heavy (non-hydrogen) atoms. The number of aromatic nitrogens is 1. The molecule has 0 spiro atoms. The van der Waals surface area contributed by atoms with Crippen molar-refractivity contribution in [3.05, 3.63) is 58.9 Å². The number of pyridine rings is 1. The fraction of sp³-hybridized carbons (Fsp3) is 0.381. The second kappa shape index (κ2) is 7.24. The topological polar surface area (TPSA) is 94.8 Å². The van der Waals surface area contributed by atoms with E-state index < -0.39 is 5.91 Å². The molecule has 4 rings (SSSR count). The van der Waals surface area contributed by atoms with Crippen LogP contribution >= 0.6 is 0 Å². The number of carbonyl (C=O) groups excluding carboxylic acids is 2. The minimum Gasteiger partial charge on any atom is -0.497 e. The molecule has 2 N–H and O–H groups in total. The van der Waals surface area contributed by atoms with Crippen LogP contribution in [0.4, 0.5) is 0 Å². The Labute approximate surface area is 163 Å². The summed E-state index contributed by atoms with van der Waals surface area (Å²) < 4.78 is 10.7. The van der Waals surface area contributed by atoms with Crippen LogP contribution in [0, 0.1) is 11.8 Å². The van der Waals surface area contributed by atoms with Gasteiger partial charge in [0.25, 0.3) is 5.91 Å². The number of amides is 2. The van der Waals surface area contributed by atoms with Gasteiger partial charge in [0.15, 0.2) is 0 Å². The maximum atomic E-state index is 13.0. The van der Waals surface area contributed by atoms with Crippen LogP contribution in [0.5, 0.6) is 5.75 Å². The summed E-state index contributed by atoms with van der Waals surface area (Å²) in [6, 6.07) is 10.9. The number of rotatable bonds is 6. The second-order valence-corrected chi connectivity index (χ2v) is 7.40. The summed E-state index contributed by atoms with van der Waals surface area (Å²) in [5.41, 5.74) is 7.58. The van der Waals surface area contributed by atoms with Gasteiger partial charge in [0.1, 0.15) is 11.4 Å². The van der Waals surface area contributed by atoms with Gasteiger partial charge in [-0.3, -0.25) is 9.59 Å². The highest BCUT2D eigenvalue weighted by molar-refractivity contribution is 5.98. The number of hydrogen-bond acceptors (Lipinski definition) is 5. The van der Waals surface area contributed by atoms with Crippen molar-refractivity contribution in [1.82, 2.24) is 9.88 Å². The summed E-state index contributed by atoms with van der Waals surface area (Å²) >= 11 is 0. The molecule has 2 atom stereocenters. The van der Waals surface area contributed by atoms with Crippen molar-refractivity contribution < 1.29 is 19.1 Å². The fourth-order valence-corrected chi connectivity index (χ4v) is 4.02. The van der Waals surface area contributed by atoms with E-state index in [0.29, 0.717) is 37.2 Å². The maximum Gasteiger partial charge on any atom is 0.272 e. The van der Waals surface area contributed by atoms with Crippen LogP contribution in [-0.2, 0) is 11.2 Å². The van der Waals surface area contributed by atoms with E-state index in [1.54, 1.807) is 25.1 Å². The highest BCUT2D eigenvalue weighted by Gasteiger charge is 2.57. The van der Waals surface area contributed by atoms with E-state index in [1.807, 2.05) is 24.3 Å². The normalized spacial score (nSPS) is 22.4. The zero-order valence-electron chi connectivity index (χ0n) is 15.9. The third-order valence-electron chi connectivity index (χ3n) is 5.58. The molecule has 2 amide bonds. The third kappa shape index (κ3) is 3.45. The number of benzene rings is 1. The van der Waals surface area contributed by atoms with Gasteiger partial charge >= 0.3 is 0 Å². The van der Waals surface area contributed by atoms with Crippen molar-refractivity contribution in [3.63, 3.8) is 0 Å². The smallest absolute Gasteiger partial charge is 0.272 e. The first kappa shape index (κ1) is 18.4. The molecule has 1 saturated carbocycles. The number of nitrogens with zero attached hydrogens (tertiary/aromatic N) is 2. The van der Waals surface area contributed by atoms with Crippen LogP contribution in [0.3, 0.4) is 0 Å². The maximum absolute atomic E-state index is 13.0. The molecular weight excluding hydrogens is 358 g/mol. The lowest BCUT2D eigenvalue weighted by molar-refractivity contribution is 0.0711. The van der Waals surface area contributed by atoms with E-state index in [1.165, 1.54) is 6.07 Å². The van der Waals surface area contributed by atoms with Crippen LogP contribution in [0.25, 0.3) is 0 Å². The average molecular weight is 381 g/mol. The van der Waals surface area contributed by atoms with Gasteiger partial charge < -0.3 is 20.1 Å². The summed E-state index contributed by atoms with van der Waals surface area (Å²) in [4.78, 5) is 31.0. The Kier molecular flexibility index (Phi) is 4.77. The highest BCUT2D eigenvalue weighted by atomic mass is 16.5. The summed E-state index contributed by atoms with van der Waals surface area (Å²) in [6.45, 7) is 1.39. The van der Waals surface area contributed by atoms with Crippen LogP contribution in [0.15, 0.2) is 36.4 Å². The Morgan fingerprint density at radius 3 is 2.68 bits per heavy atom. The van der Waals surface area contributed by atoms with E-state index in [-0.39, 0.29) is 23.2 Å². The molecule has 1 aliphatic heterocycles. The predicted octanol–water partition coefficient (Wildman–Crippen LogP) is 1.50. The minimum atomic E-state index is -0.581. The fourth-order valence-electron chi connectivity index (χ4n) is 4.02. The van der Waals surface area contributed by atoms with Gasteiger partial charge in [-0.2, -0.15) is 0 Å². The monoisotopic (exact) mass is 381 g/mol. The SMILES string of the molecule is COc1cccc(Cc2cc(C(N)=O)cc(C(=O)N(C)C3C4COCC43)n2)c1. The van der Waals surface area contributed by atoms with Crippen molar-refractivity contribution in [3.8, 4) is 5.75 Å². The van der Waals surface area contributed by atoms with Gasteiger partial charge in [-0.1, -0.05) is 12.1 Å². The molecule has 1 aliphatic carbocycles. The molecule has 2 aromatic rings. The lowest BCUT2D eigenvalue weighted by Gasteiger charge is -2.19. The Balaban J connectivity index is 1.60. The number of nitrogens with two attached hydrogens (primary N) is 1. The van der Waals surface area contributed by atoms with Crippen molar-refractivity contribution >= 4 is 11.8 Å². The molecule has 1 aromatic heterocycles. The van der Waals surface area contributed by atoms with E-state index >= 15 is 0 Å². The molecule has 2 heterocycles. The number of ether oxygens (including phenoxy) is 2. The van der Waals surface area contributed by atoms with Crippen molar-refractivity contribution in [2.75, 3.05) is 27.4 Å². The van der Waals surface area contributed by atoms with Gasteiger partial charge in [0, 0.05) is 42.6 Å². The van der Waals surface area contributed by atoms with Crippen LogP contribution < -0.4 is 10.5 Å². The molecule has 1 aromatic carbocycles. The molecule has 2 aliphatic rings. The van der Waals surface area contributed by atoms with Gasteiger partial charge in [-0.05, 0) is 29.8 Å². The van der Waals surface area contributed by atoms with E-state index in [2.05, 4.69) is 4.98 Å². The standard InChI is InChI=1S/C21H23N3O4/c1-24(19-16-10-28-11-17(16)19)21(26)18-9-13(20(22)25)8-14(23-18)6-12-4-3-5-15(7-12)27-2/h3-5,7-9,16-17,19H,6,10-11H2,1-2H3,(H2,22,25). The first-order chi connectivity index (χ1) is 13.5. The summed E-state index contributed by atoms with van der Waals surface area (Å²) in [5.74, 6) is 0.771. The van der Waals surface area contributed by atoms with Gasteiger partial charge in [0.05, 0.1) is 20.3 Å². The highest BCUT2D eigenvalue weighted by Crippen LogP contribution is 2.47. The van der Waals surface area contributed by atoms with Gasteiger partial charge in [-0.25, -0.2) is 4.98 Å². The molecule has 1 saturated heterocycles. The van der Waals surface area contributed by atoms with Crippen LogP contribution in [-0.4, -0.2) is 55.1 Å². The number of carbonyl (C=O) groups is 2. The van der Waals surface area contributed by atoms with Gasteiger partial charge in [0.2, 0.25) is 5.91 Å². The Morgan fingerprint density at radius 1 is 1.25 bits per heavy atom. The summed E-state index contributed by atoms with van der Waals surface area (Å²) in [6.07, 6.45) is 0.463. The minimum absolute atomic E-state index is 0.183. The lowest BCUT2D eigenvalue weighted by atomic mass is 10.1. The van der Waals surface area contributed by atoms with Crippen LogP contribution in [0.2, 0.25) is 0 Å². The number of hydrogen-bond donors (Lipinski definition) is 1. The number of fused-ring (bicyclic) bond motifs is 1. The number of primary amides is 1. The molecular formula is C21H23N3O4. The molecule has 0 radical (unpaired) electrons. The predicted molar refractivity (Wildman–Crippen MR) is 102 cm³/mol. The molecule has 7 heteroatoms. The van der Waals surface area contributed by atoms with Crippen LogP contribution in [0.1, 0.15) is 32.1 Å². The summed E-state index contributed by atoms with van der Waals surface area (Å²) in [5, 5.41) is 0.